The summed E-state index contributed by atoms with van der Waals surface area (Å²) in [5, 5.41) is 1.90. The fraction of sp³-hybridized carbons (Fsp3) is 0. The molecule has 9 heavy (non-hydrogen) atoms. The molecular formula is C5H6BNOS. The zero-order valence-electron chi connectivity index (χ0n) is 5.05. The average molecular weight is 139 g/mol. The number of carbonyl (C=O) groups is 1. The van der Waals surface area contributed by atoms with Crippen LogP contribution in [0.25, 0.3) is 0 Å². The Morgan fingerprint density at radius 1 is 1.78 bits per heavy atom. The van der Waals surface area contributed by atoms with E-state index in [-0.39, 0.29) is 5.91 Å². The quantitative estimate of drug-likeness (QED) is 0.503. The molecule has 0 aliphatic heterocycles. The van der Waals surface area contributed by atoms with Crippen molar-refractivity contribution in [1.82, 2.24) is 0 Å². The van der Waals surface area contributed by atoms with Gasteiger partial charge >= 0.3 is 0 Å². The van der Waals surface area contributed by atoms with Crippen LogP contribution in [0.15, 0.2) is 11.4 Å². The SMILES string of the molecule is Bc1csc(C(N)=O)c1. The second-order valence-corrected chi connectivity index (χ2v) is 2.76. The predicted octanol–water partition coefficient (Wildman–Crippen LogP) is -0.895. The molecule has 0 aromatic carbocycles. The van der Waals surface area contributed by atoms with Crippen LogP contribution in [-0.2, 0) is 0 Å². The number of hydrogen-bond acceptors (Lipinski definition) is 2. The smallest absolute Gasteiger partial charge is 0.258 e. The van der Waals surface area contributed by atoms with E-state index in [0.29, 0.717) is 4.88 Å². The third kappa shape index (κ3) is 1.32. The second kappa shape index (κ2) is 2.23. The van der Waals surface area contributed by atoms with Gasteiger partial charge in [-0.15, -0.1) is 11.3 Å². The van der Waals surface area contributed by atoms with Gasteiger partial charge in [0.25, 0.3) is 5.91 Å². The van der Waals surface area contributed by atoms with Crippen molar-refractivity contribution in [3.05, 3.63) is 16.3 Å². The van der Waals surface area contributed by atoms with E-state index in [4.69, 9.17) is 5.73 Å². The Labute approximate surface area is 58.1 Å². The number of nitrogens with two attached hydrogens (primary N) is 1. The van der Waals surface area contributed by atoms with Crippen LogP contribution < -0.4 is 11.2 Å². The molecule has 46 valence electrons. The average Bonchev–Trinajstić information content (AvgIpc) is 2.14. The summed E-state index contributed by atoms with van der Waals surface area (Å²) in [7, 11) is 1.93. The fourth-order valence-electron chi connectivity index (χ4n) is 0.560. The van der Waals surface area contributed by atoms with Crippen LogP contribution in [0, 0.1) is 0 Å². The number of amides is 1. The lowest BCUT2D eigenvalue weighted by Crippen LogP contribution is -2.09. The first-order chi connectivity index (χ1) is 4.20. The minimum Gasteiger partial charge on any atom is -0.365 e. The maximum absolute atomic E-state index is 10.4. The monoisotopic (exact) mass is 139 g/mol. The van der Waals surface area contributed by atoms with Crippen molar-refractivity contribution >= 4 is 30.6 Å². The van der Waals surface area contributed by atoms with Crippen LogP contribution in [0.2, 0.25) is 0 Å². The molecule has 0 aliphatic rings. The van der Waals surface area contributed by atoms with Crippen molar-refractivity contribution in [3.8, 4) is 0 Å². The van der Waals surface area contributed by atoms with E-state index in [1.807, 2.05) is 13.2 Å². The molecule has 0 atom stereocenters. The molecule has 2 N–H and O–H groups in total. The summed E-state index contributed by atoms with van der Waals surface area (Å²) in [5.41, 5.74) is 6.09. The second-order valence-electron chi connectivity index (χ2n) is 1.85. The van der Waals surface area contributed by atoms with Crippen LogP contribution in [0.1, 0.15) is 9.67 Å². The minimum atomic E-state index is -0.340. The molecule has 1 aromatic rings. The lowest BCUT2D eigenvalue weighted by atomic mass is 10.0. The molecule has 1 aromatic heterocycles. The van der Waals surface area contributed by atoms with Gasteiger partial charge < -0.3 is 5.73 Å². The number of carbonyl (C=O) groups excluding carboxylic acids is 1. The fourth-order valence-corrected chi connectivity index (χ4v) is 1.31. The summed E-state index contributed by atoms with van der Waals surface area (Å²) >= 11 is 1.38. The van der Waals surface area contributed by atoms with E-state index in [0.717, 1.165) is 5.46 Å². The molecule has 2 nitrogen and oxygen atoms in total. The Hall–Kier alpha value is -0.765. The minimum absolute atomic E-state index is 0.340. The predicted molar refractivity (Wildman–Crippen MR) is 41.0 cm³/mol. The molecule has 1 rings (SSSR count). The lowest BCUT2D eigenvalue weighted by Gasteiger charge is -1.81. The standard InChI is InChI=1S/C5H6BNOS/c6-3-1-4(5(7)8)9-2-3/h1-2H,6H2,(H2,7,8). The van der Waals surface area contributed by atoms with Gasteiger partial charge in [-0.1, -0.05) is 5.46 Å². The van der Waals surface area contributed by atoms with Crippen molar-refractivity contribution < 1.29 is 4.79 Å². The van der Waals surface area contributed by atoms with Crippen LogP contribution in [0.4, 0.5) is 0 Å². The highest BCUT2D eigenvalue weighted by Crippen LogP contribution is 2.03. The van der Waals surface area contributed by atoms with Gasteiger partial charge in [0.2, 0.25) is 0 Å². The topological polar surface area (TPSA) is 43.1 Å². The summed E-state index contributed by atoms with van der Waals surface area (Å²) in [4.78, 5) is 11.1. The summed E-state index contributed by atoms with van der Waals surface area (Å²) in [6.07, 6.45) is 0. The van der Waals surface area contributed by atoms with Crippen molar-refractivity contribution in [2.75, 3.05) is 0 Å². The molecule has 4 heteroatoms. The largest absolute Gasteiger partial charge is 0.365 e. The highest BCUT2D eigenvalue weighted by Gasteiger charge is 2.00. The van der Waals surface area contributed by atoms with E-state index in [1.54, 1.807) is 6.07 Å². The van der Waals surface area contributed by atoms with Crippen molar-refractivity contribution in [2.45, 2.75) is 0 Å². The van der Waals surface area contributed by atoms with E-state index >= 15 is 0 Å². The first-order valence-corrected chi connectivity index (χ1v) is 3.43. The normalized spacial score (nSPS) is 9.33. The van der Waals surface area contributed by atoms with Crippen molar-refractivity contribution in [1.29, 1.82) is 0 Å². The molecule has 0 spiro atoms. The van der Waals surface area contributed by atoms with Crippen LogP contribution in [0.3, 0.4) is 0 Å². The third-order valence-electron chi connectivity index (χ3n) is 0.973. The third-order valence-corrected chi connectivity index (χ3v) is 2.04. The number of primary amides is 1. The molecule has 0 aliphatic carbocycles. The molecule has 0 saturated heterocycles. The first kappa shape index (κ1) is 6.36. The molecule has 0 fully saturated rings. The summed E-state index contributed by atoms with van der Waals surface area (Å²) in [6.45, 7) is 0. The Morgan fingerprint density at radius 3 is 2.67 bits per heavy atom. The van der Waals surface area contributed by atoms with Gasteiger partial charge in [-0.05, 0) is 11.4 Å². The van der Waals surface area contributed by atoms with Crippen LogP contribution in [-0.4, -0.2) is 13.8 Å². The van der Waals surface area contributed by atoms with Crippen LogP contribution in [0.5, 0.6) is 0 Å². The van der Waals surface area contributed by atoms with Gasteiger partial charge in [-0.3, -0.25) is 4.79 Å². The molecule has 1 amide bonds. The molecule has 0 unspecified atom stereocenters. The van der Waals surface area contributed by atoms with Gasteiger partial charge in [0.05, 0.1) is 4.88 Å². The lowest BCUT2D eigenvalue weighted by molar-refractivity contribution is 0.100. The Kier molecular flexibility index (Phi) is 1.57. The van der Waals surface area contributed by atoms with Gasteiger partial charge in [0, 0.05) is 0 Å². The van der Waals surface area contributed by atoms with Crippen molar-refractivity contribution in [2.24, 2.45) is 5.73 Å². The summed E-state index contributed by atoms with van der Waals surface area (Å²) < 4.78 is 0. The maximum atomic E-state index is 10.4. The van der Waals surface area contributed by atoms with Gasteiger partial charge in [-0.2, -0.15) is 0 Å². The first-order valence-electron chi connectivity index (χ1n) is 2.55. The number of rotatable bonds is 1. The molecule has 1 heterocycles. The van der Waals surface area contributed by atoms with E-state index in [1.165, 1.54) is 11.3 Å². The molecule has 0 saturated carbocycles. The van der Waals surface area contributed by atoms with Crippen LogP contribution >= 0.6 is 11.3 Å². The van der Waals surface area contributed by atoms with Gasteiger partial charge in [-0.25, -0.2) is 0 Å². The highest BCUT2D eigenvalue weighted by molar-refractivity contribution is 7.13. The van der Waals surface area contributed by atoms with E-state index < -0.39 is 0 Å². The summed E-state index contributed by atoms with van der Waals surface area (Å²) in [5.74, 6) is -0.340. The van der Waals surface area contributed by atoms with Crippen molar-refractivity contribution in [3.63, 3.8) is 0 Å². The zero-order valence-corrected chi connectivity index (χ0v) is 5.87. The highest BCUT2D eigenvalue weighted by atomic mass is 32.1. The van der Waals surface area contributed by atoms with Gasteiger partial charge in [0.15, 0.2) is 0 Å². The molecule has 0 radical (unpaired) electrons. The molecule has 0 bridgehead atoms. The Bertz CT molecular complexity index is 233. The number of hydrogen-bond donors (Lipinski definition) is 1. The van der Waals surface area contributed by atoms with E-state index in [2.05, 4.69) is 0 Å². The number of thiophene rings is 1. The Balaban J connectivity index is 2.98. The Morgan fingerprint density at radius 2 is 2.44 bits per heavy atom. The maximum Gasteiger partial charge on any atom is 0.258 e. The zero-order chi connectivity index (χ0) is 6.85. The van der Waals surface area contributed by atoms with Gasteiger partial charge in [0.1, 0.15) is 7.85 Å². The van der Waals surface area contributed by atoms with E-state index in [9.17, 15) is 4.79 Å². The molecular weight excluding hydrogens is 133 g/mol. The summed E-state index contributed by atoms with van der Waals surface area (Å²) in [6, 6.07) is 1.78.